The largest absolute Gasteiger partial charge is 0.393 e. The van der Waals surface area contributed by atoms with E-state index in [4.69, 9.17) is 0 Å². The summed E-state index contributed by atoms with van der Waals surface area (Å²) >= 11 is 0. The molecule has 0 unspecified atom stereocenters. The molecule has 0 aromatic heterocycles. The molecule has 1 saturated carbocycles. The Kier molecular flexibility index (Phi) is 8.00. The van der Waals surface area contributed by atoms with Crippen LogP contribution in [0.5, 0.6) is 0 Å². The van der Waals surface area contributed by atoms with Crippen molar-refractivity contribution in [3.63, 3.8) is 0 Å². The molecule has 134 valence electrons. The summed E-state index contributed by atoms with van der Waals surface area (Å²) in [5.74, 6) is 6.00. The highest BCUT2D eigenvalue weighted by molar-refractivity contribution is 5.34. The number of rotatable bonds is 6. The van der Waals surface area contributed by atoms with Crippen molar-refractivity contribution in [1.29, 1.82) is 0 Å². The van der Waals surface area contributed by atoms with Crippen molar-refractivity contribution in [3.8, 4) is 11.8 Å². The van der Waals surface area contributed by atoms with Crippen LogP contribution in [0.2, 0.25) is 0 Å². The number of hydrogen-bond acceptors (Lipinski definition) is 2. The molecule has 2 heteroatoms. The van der Waals surface area contributed by atoms with Gasteiger partial charge in [-0.25, -0.2) is 0 Å². The predicted molar refractivity (Wildman–Crippen MR) is 103 cm³/mol. The van der Waals surface area contributed by atoms with E-state index in [1.165, 1.54) is 5.57 Å². The third-order valence-corrected chi connectivity index (χ3v) is 4.31. The zero-order chi connectivity index (χ0) is 18.2. The van der Waals surface area contributed by atoms with Gasteiger partial charge in [-0.05, 0) is 63.4 Å². The maximum absolute atomic E-state index is 9.72. The topological polar surface area (TPSA) is 40.5 Å². The van der Waals surface area contributed by atoms with Gasteiger partial charge in [-0.3, -0.25) is 0 Å². The first-order valence-electron chi connectivity index (χ1n) is 9.03. The van der Waals surface area contributed by atoms with Crippen LogP contribution in [0.1, 0.15) is 72.6 Å². The Balaban J connectivity index is 2.33. The van der Waals surface area contributed by atoms with Gasteiger partial charge in [0.2, 0.25) is 0 Å². The second kappa shape index (κ2) is 9.25. The first-order chi connectivity index (χ1) is 11.1. The highest BCUT2D eigenvalue weighted by atomic mass is 16.3. The number of allylic oxidation sites excluding steroid dienone is 4. The molecule has 0 spiro atoms. The van der Waals surface area contributed by atoms with E-state index in [2.05, 4.69) is 50.5 Å². The van der Waals surface area contributed by atoms with Crippen molar-refractivity contribution in [2.24, 2.45) is 5.41 Å². The van der Waals surface area contributed by atoms with Gasteiger partial charge in [0.05, 0.1) is 6.10 Å². The molecule has 0 radical (unpaired) electrons. The Morgan fingerprint density at radius 2 is 2.00 bits per heavy atom. The van der Waals surface area contributed by atoms with Gasteiger partial charge in [-0.15, -0.1) is 0 Å². The zero-order valence-electron chi connectivity index (χ0n) is 15.9. The molecule has 0 aromatic carbocycles. The van der Waals surface area contributed by atoms with Crippen LogP contribution in [-0.2, 0) is 0 Å². The Bertz CT molecular complexity index is 533. The highest BCUT2D eigenvalue weighted by Gasteiger charge is 2.17. The summed E-state index contributed by atoms with van der Waals surface area (Å²) in [7, 11) is 0. The lowest BCUT2D eigenvalue weighted by molar-refractivity contribution is 0.143. The molecule has 1 aliphatic rings. The summed E-state index contributed by atoms with van der Waals surface area (Å²) in [6, 6.07) is 0. The van der Waals surface area contributed by atoms with Crippen LogP contribution in [0.15, 0.2) is 36.0 Å². The summed E-state index contributed by atoms with van der Waals surface area (Å²) in [4.78, 5) is 0. The lowest BCUT2D eigenvalue weighted by Crippen LogP contribution is -2.15. The lowest BCUT2D eigenvalue weighted by Gasteiger charge is -2.22. The minimum absolute atomic E-state index is 0.173. The van der Waals surface area contributed by atoms with E-state index < -0.39 is 5.60 Å². The SMILES string of the molecule is C=C1CC[C@H](O)C/C1=C/C=C/CCCC(C)(C)CC#CC(C)(C)O. The fraction of sp³-hybridized carbons (Fsp3) is 0.636. The summed E-state index contributed by atoms with van der Waals surface area (Å²) < 4.78 is 0. The van der Waals surface area contributed by atoms with Gasteiger partial charge in [-0.2, -0.15) is 0 Å². The fourth-order valence-corrected chi connectivity index (χ4v) is 2.75. The monoisotopic (exact) mass is 330 g/mol. The molecule has 2 nitrogen and oxygen atoms in total. The molecule has 1 fully saturated rings. The van der Waals surface area contributed by atoms with Crippen molar-refractivity contribution in [2.45, 2.75) is 84.3 Å². The zero-order valence-corrected chi connectivity index (χ0v) is 15.9. The molecule has 2 N–H and O–H groups in total. The normalized spacial score (nSPS) is 21.2. The van der Waals surface area contributed by atoms with Crippen LogP contribution < -0.4 is 0 Å². The molecule has 0 aromatic rings. The van der Waals surface area contributed by atoms with Crippen LogP contribution in [0, 0.1) is 17.3 Å². The van der Waals surface area contributed by atoms with Crippen LogP contribution in [0.3, 0.4) is 0 Å². The van der Waals surface area contributed by atoms with Crippen molar-refractivity contribution >= 4 is 0 Å². The smallest absolute Gasteiger partial charge is 0.119 e. The van der Waals surface area contributed by atoms with E-state index in [1.54, 1.807) is 13.8 Å². The van der Waals surface area contributed by atoms with Crippen LogP contribution in [-0.4, -0.2) is 21.9 Å². The van der Waals surface area contributed by atoms with Gasteiger partial charge >= 0.3 is 0 Å². The van der Waals surface area contributed by atoms with Crippen LogP contribution >= 0.6 is 0 Å². The molecular weight excluding hydrogens is 296 g/mol. The van der Waals surface area contributed by atoms with Crippen LogP contribution in [0.4, 0.5) is 0 Å². The number of hydrogen-bond donors (Lipinski definition) is 2. The average molecular weight is 331 g/mol. The third-order valence-electron chi connectivity index (χ3n) is 4.31. The van der Waals surface area contributed by atoms with Gasteiger partial charge < -0.3 is 10.2 Å². The van der Waals surface area contributed by atoms with Gasteiger partial charge in [0.15, 0.2) is 0 Å². The van der Waals surface area contributed by atoms with Gasteiger partial charge in [-0.1, -0.05) is 56.1 Å². The quantitative estimate of drug-likeness (QED) is 0.535. The molecule has 0 saturated heterocycles. The van der Waals surface area contributed by atoms with E-state index in [1.807, 2.05) is 0 Å². The minimum atomic E-state index is -0.900. The van der Waals surface area contributed by atoms with Gasteiger partial charge in [0.25, 0.3) is 0 Å². The molecule has 24 heavy (non-hydrogen) atoms. The van der Waals surface area contributed by atoms with Crippen LogP contribution in [0.25, 0.3) is 0 Å². The van der Waals surface area contributed by atoms with E-state index in [0.717, 1.165) is 50.5 Å². The summed E-state index contributed by atoms with van der Waals surface area (Å²) in [5, 5.41) is 19.3. The van der Waals surface area contributed by atoms with Gasteiger partial charge in [0.1, 0.15) is 5.60 Å². The molecule has 0 aliphatic heterocycles. The third kappa shape index (κ3) is 9.11. The molecule has 1 aliphatic carbocycles. The lowest BCUT2D eigenvalue weighted by atomic mass is 9.84. The Morgan fingerprint density at radius 3 is 2.67 bits per heavy atom. The summed E-state index contributed by atoms with van der Waals surface area (Å²) in [6.07, 6.45) is 12.7. The highest BCUT2D eigenvalue weighted by Crippen LogP contribution is 2.28. The predicted octanol–water partition coefficient (Wildman–Crippen LogP) is 4.93. The number of aliphatic hydroxyl groups excluding tert-OH is 1. The van der Waals surface area contributed by atoms with E-state index >= 15 is 0 Å². The Morgan fingerprint density at radius 1 is 1.29 bits per heavy atom. The fourth-order valence-electron chi connectivity index (χ4n) is 2.75. The standard InChI is InChI=1S/C22H34O2/c1-18-12-13-20(23)17-19(18)11-8-6-7-9-14-21(2,3)15-10-16-22(4,5)24/h6,8,11,20,23-24H,1,7,9,12-15,17H2,2-5H3/b8-6+,19-11-/t20-/m0/s1. The second-order valence-electron chi connectivity index (χ2n) is 8.21. The first-order valence-corrected chi connectivity index (χ1v) is 9.03. The van der Waals surface area contributed by atoms with Crippen molar-refractivity contribution in [3.05, 3.63) is 36.0 Å². The van der Waals surface area contributed by atoms with Crippen molar-refractivity contribution in [2.75, 3.05) is 0 Å². The maximum atomic E-state index is 9.72. The molecule has 0 heterocycles. The molecule has 1 rings (SSSR count). The molecule has 0 amide bonds. The molecular formula is C22H34O2. The first kappa shape index (κ1) is 20.7. The van der Waals surface area contributed by atoms with E-state index in [9.17, 15) is 10.2 Å². The Labute approximate surface area is 148 Å². The van der Waals surface area contributed by atoms with E-state index in [0.29, 0.717) is 0 Å². The minimum Gasteiger partial charge on any atom is -0.393 e. The Hall–Kier alpha value is -1.30. The van der Waals surface area contributed by atoms with Crippen molar-refractivity contribution in [1.82, 2.24) is 0 Å². The number of aliphatic hydroxyl groups is 2. The summed E-state index contributed by atoms with van der Waals surface area (Å²) in [5.41, 5.74) is 1.62. The van der Waals surface area contributed by atoms with Crippen molar-refractivity contribution < 1.29 is 10.2 Å². The van der Waals surface area contributed by atoms with Gasteiger partial charge in [0, 0.05) is 6.42 Å². The van der Waals surface area contributed by atoms with E-state index in [-0.39, 0.29) is 11.5 Å². The average Bonchev–Trinajstić information content (AvgIpc) is 2.44. The number of unbranched alkanes of at least 4 members (excludes halogenated alkanes) is 1. The second-order valence-corrected chi connectivity index (χ2v) is 8.21. The molecule has 0 bridgehead atoms. The molecule has 1 atom stereocenters. The summed E-state index contributed by atoms with van der Waals surface area (Å²) in [6.45, 7) is 12.0. The maximum Gasteiger partial charge on any atom is 0.119 e.